The summed E-state index contributed by atoms with van der Waals surface area (Å²) < 4.78 is 184. The third kappa shape index (κ3) is 22.1. The molecule has 552 valence electrons. The SMILES string of the molecule is CO.CO.Cc1cc(-c2[c-]cccc2)nc(C)c1C.Cc1cc(-c2cccc3c2oc2ncccc23)ncc1C(C)C.O=S(=O)(O)C(F)(F)F.[2H]C([2H])([2H])c1cc(-c2[c-]ccc3c2oc2ncccc23)ncc1C(C)C.[2H]C([2H])([2H])c1nc(-c2[c-]cccc2)cc(C)c1C([2H])([2H])[2H].[2H]C([2H])([2H])c1nc(-c2[c-]cccc2)cc(C)c1C([2H])([2H])[2H].[Ir].[Ir]. The quantitative estimate of drug-likeness (QED) is 0.0770. The molecule has 0 aliphatic carbocycles. The number of aliphatic hydroxyl groups excluding tert-OH is 2. The average Bonchev–Trinajstić information content (AvgIpc) is 1.53. The molecule has 105 heavy (non-hydrogen) atoms. The molecule has 0 atom stereocenters. The Morgan fingerprint density at radius 1 is 0.438 bits per heavy atom. The third-order valence-corrected chi connectivity index (χ3v) is 16.4. The molecule has 0 unspecified atom stereocenters. The van der Waals surface area contributed by atoms with Gasteiger partial charge in [-0.3, -0.25) is 9.54 Å². The van der Waals surface area contributed by atoms with Crippen molar-refractivity contribution in [2.75, 3.05) is 14.2 Å². The molecule has 0 aliphatic heterocycles. The van der Waals surface area contributed by atoms with E-state index < -0.39 is 49.9 Å². The smallest absolute Gasteiger partial charge is 0.486 e. The Kier molecular flexibility index (Phi) is 24.6. The summed E-state index contributed by atoms with van der Waals surface area (Å²) in [5.41, 5.74) is 11.3. The number of hydrogen-bond acceptors (Lipinski definition) is 13. The van der Waals surface area contributed by atoms with Crippen LogP contribution in [0, 0.1) is 100 Å². The molecular weight excluding hydrogens is 1700 g/mol. The molecule has 14 nitrogen and oxygen atoms in total. The largest absolute Gasteiger partial charge is 0.522 e. The van der Waals surface area contributed by atoms with Crippen LogP contribution in [0.15, 0.2) is 191 Å². The van der Waals surface area contributed by atoms with Crippen molar-refractivity contribution in [1.82, 2.24) is 34.9 Å². The van der Waals surface area contributed by atoms with Crippen molar-refractivity contribution >= 4 is 54.3 Å². The second-order valence-corrected chi connectivity index (χ2v) is 24.9. The predicted octanol–water partition coefficient (Wildman–Crippen LogP) is 20.8. The molecular formula is C85H86F3Ir2N7O7S-4. The minimum Gasteiger partial charge on any atom is -0.486 e. The van der Waals surface area contributed by atoms with Gasteiger partial charge in [0, 0.05) is 139 Å². The fourth-order valence-corrected chi connectivity index (χ4v) is 10.3. The summed E-state index contributed by atoms with van der Waals surface area (Å²) in [5, 5.41) is 17.9. The molecule has 9 heterocycles. The van der Waals surface area contributed by atoms with E-state index in [9.17, 15) is 13.2 Å². The van der Waals surface area contributed by atoms with E-state index in [0.29, 0.717) is 73.4 Å². The van der Waals surface area contributed by atoms with Crippen LogP contribution >= 0.6 is 0 Å². The Hall–Kier alpha value is -9.33. The van der Waals surface area contributed by atoms with Gasteiger partial charge >= 0.3 is 15.6 Å². The van der Waals surface area contributed by atoms with Crippen LogP contribution in [0.5, 0.6) is 0 Å². The van der Waals surface area contributed by atoms with E-state index in [1.165, 1.54) is 22.3 Å². The van der Waals surface area contributed by atoms with Gasteiger partial charge in [-0.05, 0) is 180 Å². The summed E-state index contributed by atoms with van der Waals surface area (Å²) in [6, 6.07) is 61.0. The predicted molar refractivity (Wildman–Crippen MR) is 408 cm³/mol. The molecule has 3 N–H and O–H groups in total. The Bertz CT molecular complexity index is 5740. The molecule has 14 aromatic rings. The number of nitrogens with zero attached hydrogens (tertiary/aromatic N) is 7. The van der Waals surface area contributed by atoms with Crippen LogP contribution < -0.4 is 0 Å². The summed E-state index contributed by atoms with van der Waals surface area (Å²) in [7, 11) is -3.84. The molecule has 0 spiro atoms. The van der Waals surface area contributed by atoms with Gasteiger partial charge in [-0.15, -0.1) is 126 Å². The number of furan rings is 2. The van der Waals surface area contributed by atoms with Gasteiger partial charge in [-0.1, -0.05) is 97.3 Å². The monoisotopic (exact) mass is 1810 g/mol. The zero-order valence-electron chi connectivity index (χ0n) is 74.3. The minimum absolute atomic E-state index is 0. The van der Waals surface area contributed by atoms with E-state index in [1.54, 1.807) is 105 Å². The number of alkyl halides is 3. The summed E-state index contributed by atoms with van der Waals surface area (Å²) >= 11 is 0. The number of hydrogen-bond donors (Lipinski definition) is 3. The van der Waals surface area contributed by atoms with Crippen molar-refractivity contribution in [2.24, 2.45) is 0 Å². The number of benzene rings is 5. The first-order chi connectivity index (χ1) is 55.1. The van der Waals surface area contributed by atoms with Crippen molar-refractivity contribution in [1.29, 1.82) is 0 Å². The molecule has 0 amide bonds. The van der Waals surface area contributed by atoms with Crippen molar-refractivity contribution in [3.05, 3.63) is 279 Å². The number of halogens is 3. The number of aryl methyl sites for hydroxylation is 8. The first-order valence-corrected chi connectivity index (χ1v) is 33.4. The fraction of sp³-hybridized carbons (Fsp3) is 0.235. The van der Waals surface area contributed by atoms with Gasteiger partial charge in [-0.2, -0.15) is 21.6 Å². The molecule has 9 aromatic heterocycles. The second-order valence-electron chi connectivity index (χ2n) is 23.5. The normalized spacial score (nSPS) is 13.4. The van der Waals surface area contributed by atoms with Crippen LogP contribution in [0.3, 0.4) is 0 Å². The first kappa shape index (κ1) is 65.2. The van der Waals surface area contributed by atoms with E-state index in [-0.39, 0.29) is 68.6 Å². The number of aromatic nitrogens is 7. The van der Waals surface area contributed by atoms with Crippen LogP contribution in [0.4, 0.5) is 13.2 Å². The van der Waals surface area contributed by atoms with Crippen LogP contribution in [0.1, 0.15) is 133 Å². The van der Waals surface area contributed by atoms with Gasteiger partial charge in [0.1, 0.15) is 5.58 Å². The van der Waals surface area contributed by atoms with Gasteiger partial charge in [0.25, 0.3) is 0 Å². The van der Waals surface area contributed by atoms with Crippen molar-refractivity contribution < 1.29 is 106 Å². The zero-order chi connectivity index (χ0) is 88.0. The Labute approximate surface area is 662 Å². The first-order valence-electron chi connectivity index (χ1n) is 39.4. The fourth-order valence-electron chi connectivity index (χ4n) is 10.3. The van der Waals surface area contributed by atoms with Crippen LogP contribution in [0.25, 0.3) is 100 Å². The maximum absolute atomic E-state index is 10.7. The Morgan fingerprint density at radius 2 is 0.848 bits per heavy atom. The van der Waals surface area contributed by atoms with E-state index in [1.807, 2.05) is 80.7 Å². The molecule has 0 saturated heterocycles. The number of pyridine rings is 7. The van der Waals surface area contributed by atoms with Crippen LogP contribution in [-0.2, 0) is 50.3 Å². The number of rotatable bonds is 7. The average molecular weight is 1810 g/mol. The second kappa shape index (κ2) is 39.7. The molecule has 5 aromatic carbocycles. The number of fused-ring (bicyclic) bond motifs is 6. The van der Waals surface area contributed by atoms with E-state index >= 15 is 0 Å². The summed E-state index contributed by atoms with van der Waals surface area (Å²) in [6.45, 7) is 7.50. The van der Waals surface area contributed by atoms with E-state index in [2.05, 4.69) is 125 Å². The van der Waals surface area contributed by atoms with Gasteiger partial charge in [0.2, 0.25) is 11.4 Å². The summed E-state index contributed by atoms with van der Waals surface area (Å²) in [5.74, 6) is 0.546. The number of aliphatic hydroxyl groups is 2. The molecule has 0 fully saturated rings. The Balaban J connectivity index is 0.000000259. The molecule has 0 bridgehead atoms. The maximum atomic E-state index is 10.7. The van der Waals surface area contributed by atoms with Crippen molar-refractivity contribution in [3.63, 3.8) is 0 Å². The number of para-hydroxylation sites is 1. The van der Waals surface area contributed by atoms with Gasteiger partial charge in [-0.25, -0.2) is 9.97 Å². The topological polar surface area (TPSA) is 211 Å². The molecule has 0 saturated carbocycles. The minimum atomic E-state index is -5.84. The van der Waals surface area contributed by atoms with Gasteiger partial charge in [0.15, 0.2) is 0 Å². The van der Waals surface area contributed by atoms with Crippen molar-refractivity contribution in [3.8, 4) is 56.3 Å². The van der Waals surface area contributed by atoms with Gasteiger partial charge in [0.05, 0.1) is 11.3 Å². The van der Waals surface area contributed by atoms with Crippen LogP contribution in [-0.4, -0.2) is 77.8 Å². The van der Waals surface area contributed by atoms with E-state index in [0.717, 1.165) is 75.1 Å². The summed E-state index contributed by atoms with van der Waals surface area (Å²) in [6.07, 6.45) is 7.06. The molecule has 14 rings (SSSR count). The van der Waals surface area contributed by atoms with E-state index in [4.69, 9.17) is 52.6 Å². The van der Waals surface area contributed by atoms with Gasteiger partial charge < -0.3 is 39.0 Å². The molecule has 20 heteroatoms. The molecule has 2 radical (unpaired) electrons. The maximum Gasteiger partial charge on any atom is 0.522 e. The standard InChI is InChI=1S/C20H18N2O.C20H17N2O.3C14H14N.CHF3O3S.2CH4O.2Ir/c2*1-12(2)17-11-22-18(10-13(17)3)16-7-4-6-14-15-8-5-9-21-20(15)23-19(14)16;3*1-10-9-14(15-12(3)11(10)2)13-7-5-4-6-8-13;2-1(3,4)8(5,6)7;2*1-2;;/h4-12H,1-3H3;4-6,8-12H,1-3H3;3*4-7,9H,1-3H3;(H,5,6,7);2*2H,1H3;;/q;4*-1;;;;;/i;3D3;2*2D3,3D3;;;;;;. The summed E-state index contributed by atoms with van der Waals surface area (Å²) in [4.78, 5) is 30.5. The van der Waals surface area contributed by atoms with Crippen LogP contribution in [0.2, 0.25) is 0 Å². The molecule has 0 aliphatic rings. The van der Waals surface area contributed by atoms with Crippen molar-refractivity contribution in [2.45, 2.75) is 121 Å². The Morgan fingerprint density at radius 3 is 1.26 bits per heavy atom. The zero-order valence-corrected chi connectivity index (χ0v) is 64.9. The third-order valence-electron chi connectivity index (χ3n) is 15.8.